The lowest BCUT2D eigenvalue weighted by molar-refractivity contribution is -0.385. The number of unbranched alkanes of at least 4 members (excludes halogenated alkanes) is 1. The molecule has 1 aromatic carbocycles. The Hall–Kier alpha value is -2.02. The van der Waals surface area contributed by atoms with Crippen LogP contribution in [0.5, 0.6) is 5.75 Å². The molecule has 0 aliphatic heterocycles. The van der Waals surface area contributed by atoms with Gasteiger partial charge in [0, 0.05) is 12.5 Å². The highest BCUT2D eigenvalue weighted by Crippen LogP contribution is 2.27. The minimum atomic E-state index is -0.448. The molecule has 84 valence electrons. The number of hydrogen-bond donors (Lipinski definition) is 0. The van der Waals surface area contributed by atoms with E-state index >= 15 is 0 Å². The summed E-state index contributed by atoms with van der Waals surface area (Å²) in [4.78, 5) is 10.3. The van der Waals surface area contributed by atoms with Crippen molar-refractivity contribution < 1.29 is 9.66 Å². The summed E-state index contributed by atoms with van der Waals surface area (Å²) in [6.07, 6.45) is 6.40. The summed E-state index contributed by atoms with van der Waals surface area (Å²) in [6.45, 7) is 2.26. The Balaban J connectivity index is 2.73. The molecule has 0 saturated carbocycles. The van der Waals surface area contributed by atoms with E-state index in [2.05, 4.69) is 5.92 Å². The Bertz CT molecular complexity index is 421. The maximum absolute atomic E-state index is 10.7. The van der Waals surface area contributed by atoms with Crippen LogP contribution >= 0.6 is 0 Å². The van der Waals surface area contributed by atoms with E-state index in [0.29, 0.717) is 25.2 Å². The van der Waals surface area contributed by atoms with Crippen molar-refractivity contribution >= 4 is 5.69 Å². The van der Waals surface area contributed by atoms with Crippen LogP contribution < -0.4 is 4.74 Å². The number of nitro groups is 1. The second-order valence-corrected chi connectivity index (χ2v) is 3.38. The van der Waals surface area contributed by atoms with Crippen molar-refractivity contribution in [3.05, 3.63) is 33.9 Å². The molecular formula is C12H13NO3. The molecule has 0 heterocycles. The molecule has 0 spiro atoms. The number of terminal acetylenes is 1. The summed E-state index contributed by atoms with van der Waals surface area (Å²) in [6, 6.07) is 4.80. The molecule has 0 aromatic heterocycles. The van der Waals surface area contributed by atoms with Crippen molar-refractivity contribution in [1.82, 2.24) is 0 Å². The first-order valence-corrected chi connectivity index (χ1v) is 4.96. The van der Waals surface area contributed by atoms with Crippen molar-refractivity contribution in [2.75, 3.05) is 6.61 Å². The zero-order valence-corrected chi connectivity index (χ0v) is 9.10. The van der Waals surface area contributed by atoms with Crippen LogP contribution in [-0.2, 0) is 0 Å². The lowest BCUT2D eigenvalue weighted by atomic mass is 10.2. The van der Waals surface area contributed by atoms with Gasteiger partial charge < -0.3 is 4.74 Å². The molecule has 0 N–H and O–H groups in total. The highest BCUT2D eigenvalue weighted by atomic mass is 16.6. The zero-order chi connectivity index (χ0) is 12.0. The van der Waals surface area contributed by atoms with Gasteiger partial charge in [-0.05, 0) is 25.0 Å². The van der Waals surface area contributed by atoms with Crippen LogP contribution in [-0.4, -0.2) is 11.5 Å². The monoisotopic (exact) mass is 219 g/mol. The van der Waals surface area contributed by atoms with Crippen LogP contribution in [0.2, 0.25) is 0 Å². The van der Waals surface area contributed by atoms with Gasteiger partial charge in [-0.15, -0.1) is 12.3 Å². The van der Waals surface area contributed by atoms with Gasteiger partial charge in [0.1, 0.15) is 0 Å². The van der Waals surface area contributed by atoms with Gasteiger partial charge in [-0.3, -0.25) is 10.1 Å². The van der Waals surface area contributed by atoms with Crippen molar-refractivity contribution in [2.45, 2.75) is 19.8 Å². The van der Waals surface area contributed by atoms with Crippen LogP contribution in [0.1, 0.15) is 18.4 Å². The maximum atomic E-state index is 10.7. The summed E-state index contributed by atoms with van der Waals surface area (Å²) >= 11 is 0. The number of hydrogen-bond acceptors (Lipinski definition) is 3. The topological polar surface area (TPSA) is 52.4 Å². The number of ether oxygens (including phenoxy) is 1. The molecule has 0 aliphatic carbocycles. The van der Waals surface area contributed by atoms with E-state index in [1.54, 1.807) is 12.1 Å². The van der Waals surface area contributed by atoms with E-state index in [1.165, 1.54) is 6.07 Å². The van der Waals surface area contributed by atoms with Gasteiger partial charge in [0.15, 0.2) is 5.75 Å². The molecule has 0 atom stereocenters. The molecule has 0 aliphatic rings. The summed E-state index contributed by atoms with van der Waals surface area (Å²) < 4.78 is 5.34. The predicted octanol–water partition coefficient (Wildman–Crippen LogP) is 2.70. The first kappa shape index (κ1) is 12.1. The van der Waals surface area contributed by atoms with Gasteiger partial charge >= 0.3 is 5.69 Å². The van der Waals surface area contributed by atoms with Gasteiger partial charge in [-0.25, -0.2) is 0 Å². The standard InChI is InChI=1S/C12H13NO3/c1-3-4-5-8-16-12-9-10(2)6-7-11(12)13(14)15/h1,6-7,9H,4-5,8H2,2H3. The molecule has 1 rings (SSSR count). The molecule has 0 fully saturated rings. The summed E-state index contributed by atoms with van der Waals surface area (Å²) in [5.74, 6) is 2.80. The number of nitro benzene ring substituents is 1. The molecule has 1 aromatic rings. The Kier molecular flexibility index (Phi) is 4.34. The average molecular weight is 219 g/mol. The number of rotatable bonds is 5. The van der Waals surface area contributed by atoms with Crippen molar-refractivity contribution in [1.29, 1.82) is 0 Å². The van der Waals surface area contributed by atoms with Crippen LogP contribution in [0.3, 0.4) is 0 Å². The van der Waals surface area contributed by atoms with E-state index in [-0.39, 0.29) is 5.69 Å². The Labute approximate surface area is 94.4 Å². The molecule has 0 saturated heterocycles. The zero-order valence-electron chi connectivity index (χ0n) is 9.10. The molecule has 0 amide bonds. The Morgan fingerprint density at radius 3 is 2.94 bits per heavy atom. The smallest absolute Gasteiger partial charge is 0.310 e. The van der Waals surface area contributed by atoms with Crippen molar-refractivity contribution in [3.8, 4) is 18.1 Å². The van der Waals surface area contributed by atoms with E-state index in [0.717, 1.165) is 5.56 Å². The normalized spacial score (nSPS) is 9.50. The van der Waals surface area contributed by atoms with Gasteiger partial charge in [0.2, 0.25) is 0 Å². The Morgan fingerprint density at radius 2 is 2.31 bits per heavy atom. The maximum Gasteiger partial charge on any atom is 0.310 e. The lowest BCUT2D eigenvalue weighted by Crippen LogP contribution is -2.00. The Morgan fingerprint density at radius 1 is 1.56 bits per heavy atom. The van der Waals surface area contributed by atoms with Crippen molar-refractivity contribution in [3.63, 3.8) is 0 Å². The van der Waals surface area contributed by atoms with Crippen molar-refractivity contribution in [2.24, 2.45) is 0 Å². The molecule has 4 heteroatoms. The highest BCUT2D eigenvalue weighted by molar-refractivity contribution is 5.48. The molecule has 0 unspecified atom stereocenters. The number of benzene rings is 1. The third kappa shape index (κ3) is 3.28. The molecule has 16 heavy (non-hydrogen) atoms. The summed E-state index contributed by atoms with van der Waals surface area (Å²) in [7, 11) is 0. The fraction of sp³-hybridized carbons (Fsp3) is 0.333. The summed E-state index contributed by atoms with van der Waals surface area (Å²) in [5.41, 5.74) is 0.920. The predicted molar refractivity (Wildman–Crippen MR) is 61.4 cm³/mol. The fourth-order valence-electron chi connectivity index (χ4n) is 1.24. The number of aryl methyl sites for hydroxylation is 1. The van der Waals surface area contributed by atoms with E-state index < -0.39 is 4.92 Å². The second kappa shape index (κ2) is 5.76. The van der Waals surface area contributed by atoms with E-state index in [4.69, 9.17) is 11.2 Å². The minimum Gasteiger partial charge on any atom is -0.487 e. The average Bonchev–Trinajstić information content (AvgIpc) is 2.24. The molecule has 4 nitrogen and oxygen atoms in total. The van der Waals surface area contributed by atoms with Crippen LogP contribution in [0.15, 0.2) is 18.2 Å². The third-order valence-electron chi connectivity index (χ3n) is 2.04. The SMILES string of the molecule is C#CCCCOc1cc(C)ccc1[N+](=O)[O-]. The van der Waals surface area contributed by atoms with Crippen LogP contribution in [0.25, 0.3) is 0 Å². The summed E-state index contributed by atoms with van der Waals surface area (Å²) in [5, 5.41) is 10.7. The minimum absolute atomic E-state index is 0.00805. The largest absolute Gasteiger partial charge is 0.487 e. The van der Waals surface area contributed by atoms with E-state index in [9.17, 15) is 10.1 Å². The molecular weight excluding hydrogens is 206 g/mol. The first-order chi connectivity index (χ1) is 7.65. The van der Waals surface area contributed by atoms with Gasteiger partial charge in [0.05, 0.1) is 11.5 Å². The fourth-order valence-corrected chi connectivity index (χ4v) is 1.24. The van der Waals surface area contributed by atoms with E-state index in [1.807, 2.05) is 6.92 Å². The number of nitrogens with zero attached hydrogens (tertiary/aromatic N) is 1. The molecule has 0 radical (unpaired) electrons. The molecule has 0 bridgehead atoms. The third-order valence-corrected chi connectivity index (χ3v) is 2.04. The van der Waals surface area contributed by atoms with Gasteiger partial charge in [-0.2, -0.15) is 0 Å². The first-order valence-electron chi connectivity index (χ1n) is 4.96. The lowest BCUT2D eigenvalue weighted by Gasteiger charge is -2.06. The highest BCUT2D eigenvalue weighted by Gasteiger charge is 2.14. The quantitative estimate of drug-likeness (QED) is 0.331. The van der Waals surface area contributed by atoms with Gasteiger partial charge in [0.25, 0.3) is 0 Å². The second-order valence-electron chi connectivity index (χ2n) is 3.38. The van der Waals surface area contributed by atoms with Crippen LogP contribution in [0.4, 0.5) is 5.69 Å². The van der Waals surface area contributed by atoms with Crippen LogP contribution in [0, 0.1) is 29.4 Å². The van der Waals surface area contributed by atoms with Gasteiger partial charge in [-0.1, -0.05) is 6.07 Å².